The van der Waals surface area contributed by atoms with E-state index in [0.29, 0.717) is 38.3 Å². The molecule has 2 atom stereocenters. The van der Waals surface area contributed by atoms with Crippen molar-refractivity contribution >= 4 is 11.9 Å². The summed E-state index contributed by atoms with van der Waals surface area (Å²) in [5, 5.41) is 3.40. The minimum Gasteiger partial charge on any atom is -0.462 e. The van der Waals surface area contributed by atoms with E-state index in [9.17, 15) is 4.79 Å². The fourth-order valence-electron chi connectivity index (χ4n) is 5.04. The average Bonchev–Trinajstić information content (AvgIpc) is 3.50. The number of likely N-dealkylation sites (tertiary alicyclic amines) is 1. The van der Waals surface area contributed by atoms with Gasteiger partial charge in [0, 0.05) is 50.4 Å². The Balaban J connectivity index is 1.24. The highest BCUT2D eigenvalue weighted by atomic mass is 16.6. The topological polar surface area (TPSA) is 83.1 Å². The van der Waals surface area contributed by atoms with E-state index in [0.717, 1.165) is 48.7 Å². The molecular weight excluding hydrogens is 432 g/mol. The van der Waals surface area contributed by atoms with E-state index in [4.69, 9.17) is 19.4 Å². The van der Waals surface area contributed by atoms with E-state index in [1.165, 1.54) is 6.42 Å². The van der Waals surface area contributed by atoms with Crippen molar-refractivity contribution in [1.29, 1.82) is 0 Å². The van der Waals surface area contributed by atoms with E-state index >= 15 is 0 Å². The van der Waals surface area contributed by atoms with E-state index in [1.807, 2.05) is 30.3 Å². The maximum Gasteiger partial charge on any atom is 0.410 e. The van der Waals surface area contributed by atoms with Gasteiger partial charge in [-0.15, -0.1) is 0 Å². The molecule has 1 N–H and O–H groups in total. The molecule has 1 amide bonds. The Bertz CT molecular complexity index is 1000. The lowest BCUT2D eigenvalue weighted by Gasteiger charge is -2.40. The molecule has 2 aromatic rings. The van der Waals surface area contributed by atoms with Gasteiger partial charge in [-0.05, 0) is 38.9 Å². The molecule has 9 heteroatoms. The third-order valence-electron chi connectivity index (χ3n) is 7.08. The first kappa shape index (κ1) is 22.9. The highest BCUT2D eigenvalue weighted by Gasteiger charge is 2.32. The smallest absolute Gasteiger partial charge is 0.410 e. The van der Waals surface area contributed by atoms with E-state index in [2.05, 4.69) is 29.1 Å². The summed E-state index contributed by atoms with van der Waals surface area (Å²) < 4.78 is 11.6. The van der Waals surface area contributed by atoms with E-state index < -0.39 is 0 Å². The Hall–Kier alpha value is -2.91. The minimum atomic E-state index is -0.269. The molecule has 3 aliphatic rings. The van der Waals surface area contributed by atoms with E-state index in [1.54, 1.807) is 4.90 Å². The zero-order valence-corrected chi connectivity index (χ0v) is 20.1. The predicted molar refractivity (Wildman–Crippen MR) is 129 cm³/mol. The van der Waals surface area contributed by atoms with Gasteiger partial charge in [-0.1, -0.05) is 30.3 Å². The summed E-state index contributed by atoms with van der Waals surface area (Å²) in [5.41, 5.74) is 3.14. The molecule has 0 spiro atoms. The molecule has 9 nitrogen and oxygen atoms in total. The molecule has 0 bridgehead atoms. The Kier molecular flexibility index (Phi) is 6.82. The van der Waals surface area contributed by atoms with Gasteiger partial charge in [-0.2, -0.15) is 9.97 Å². The molecule has 182 valence electrons. The summed E-state index contributed by atoms with van der Waals surface area (Å²) in [6.07, 6.45) is 2.09. The SMILES string of the molecule is C[C@H]1CN(C(=O)OCc2ccccc2)CCN1c1nc(OC[C@@H]2CCCN2C)nc2c1CNC2. The summed E-state index contributed by atoms with van der Waals surface area (Å²) >= 11 is 0. The van der Waals surface area contributed by atoms with Crippen LogP contribution in [-0.4, -0.2) is 77.8 Å². The minimum absolute atomic E-state index is 0.103. The molecule has 2 saturated heterocycles. The van der Waals surface area contributed by atoms with Gasteiger partial charge in [-0.3, -0.25) is 0 Å². The maximum atomic E-state index is 12.7. The third-order valence-corrected chi connectivity index (χ3v) is 7.08. The quantitative estimate of drug-likeness (QED) is 0.695. The first-order valence-corrected chi connectivity index (χ1v) is 12.2. The van der Waals surface area contributed by atoms with Crippen LogP contribution in [0.5, 0.6) is 6.01 Å². The first-order valence-electron chi connectivity index (χ1n) is 12.2. The van der Waals surface area contributed by atoms with Crippen LogP contribution in [0.3, 0.4) is 0 Å². The molecule has 3 aliphatic heterocycles. The molecule has 34 heavy (non-hydrogen) atoms. The number of ether oxygens (including phenoxy) is 2. The molecule has 0 aliphatic carbocycles. The highest BCUT2D eigenvalue weighted by molar-refractivity contribution is 5.68. The largest absolute Gasteiger partial charge is 0.462 e. The Morgan fingerprint density at radius 2 is 2.00 bits per heavy atom. The van der Waals surface area contributed by atoms with Crippen LogP contribution >= 0.6 is 0 Å². The number of amides is 1. The number of hydrogen-bond donors (Lipinski definition) is 1. The number of carbonyl (C=O) groups excluding carboxylic acids is 1. The fourth-order valence-corrected chi connectivity index (χ4v) is 5.04. The monoisotopic (exact) mass is 466 g/mol. The molecule has 1 aromatic heterocycles. The lowest BCUT2D eigenvalue weighted by atomic mass is 10.1. The number of fused-ring (bicyclic) bond motifs is 1. The zero-order valence-electron chi connectivity index (χ0n) is 20.1. The standard InChI is InChI=1S/C25H34N6O3/c1-18-15-30(25(32)34-16-19-7-4-3-5-8-19)11-12-31(18)23-21-13-26-14-22(21)27-24(28-23)33-17-20-9-6-10-29(20)2/h3-5,7-8,18,20,26H,6,9-17H2,1-2H3/t18-,20-/m0/s1. The van der Waals surface area contributed by atoms with Gasteiger partial charge in [0.15, 0.2) is 0 Å². The fraction of sp³-hybridized carbons (Fsp3) is 0.560. The summed E-state index contributed by atoms with van der Waals surface area (Å²) in [4.78, 5) is 28.6. The van der Waals surface area contributed by atoms with Crippen LogP contribution in [0, 0.1) is 0 Å². The second-order valence-corrected chi connectivity index (χ2v) is 9.47. The number of piperazine rings is 1. The molecule has 4 heterocycles. The number of likely N-dealkylation sites (N-methyl/N-ethyl adjacent to an activating group) is 1. The Labute approximate surface area is 201 Å². The number of rotatable bonds is 6. The maximum absolute atomic E-state index is 12.7. The van der Waals surface area contributed by atoms with Crippen LogP contribution in [0.4, 0.5) is 10.6 Å². The summed E-state index contributed by atoms with van der Waals surface area (Å²) in [6, 6.07) is 10.7. The molecule has 5 rings (SSSR count). The van der Waals surface area contributed by atoms with Crippen molar-refractivity contribution in [2.24, 2.45) is 0 Å². The van der Waals surface area contributed by atoms with Gasteiger partial charge in [0.25, 0.3) is 0 Å². The number of aromatic nitrogens is 2. The average molecular weight is 467 g/mol. The zero-order chi connectivity index (χ0) is 23.5. The summed E-state index contributed by atoms with van der Waals surface area (Å²) in [6.45, 7) is 7.49. The van der Waals surface area contributed by atoms with Crippen molar-refractivity contribution in [1.82, 2.24) is 25.1 Å². The second-order valence-electron chi connectivity index (χ2n) is 9.47. The number of benzene rings is 1. The molecule has 0 saturated carbocycles. The van der Waals surface area contributed by atoms with Crippen LogP contribution in [0.2, 0.25) is 0 Å². The van der Waals surface area contributed by atoms with Gasteiger partial charge < -0.3 is 29.5 Å². The lowest BCUT2D eigenvalue weighted by Crippen LogP contribution is -2.54. The predicted octanol–water partition coefficient (Wildman–Crippen LogP) is 2.40. The number of anilines is 1. The van der Waals surface area contributed by atoms with Crippen LogP contribution < -0.4 is 15.0 Å². The molecule has 2 fully saturated rings. The van der Waals surface area contributed by atoms with Gasteiger partial charge in [0.1, 0.15) is 19.0 Å². The van der Waals surface area contributed by atoms with Crippen LogP contribution in [-0.2, 0) is 24.4 Å². The van der Waals surface area contributed by atoms with Crippen molar-refractivity contribution in [3.63, 3.8) is 0 Å². The van der Waals surface area contributed by atoms with Crippen LogP contribution in [0.15, 0.2) is 30.3 Å². The van der Waals surface area contributed by atoms with Gasteiger partial charge in [0.05, 0.1) is 5.69 Å². The molecule has 1 aromatic carbocycles. The Morgan fingerprint density at radius 1 is 1.15 bits per heavy atom. The van der Waals surface area contributed by atoms with Crippen molar-refractivity contribution in [2.45, 2.75) is 51.5 Å². The number of carbonyl (C=O) groups is 1. The molecule has 0 radical (unpaired) electrons. The lowest BCUT2D eigenvalue weighted by molar-refractivity contribution is 0.0897. The summed E-state index contributed by atoms with van der Waals surface area (Å²) in [7, 11) is 2.14. The highest BCUT2D eigenvalue weighted by Crippen LogP contribution is 2.30. The van der Waals surface area contributed by atoms with Crippen molar-refractivity contribution in [3.8, 4) is 6.01 Å². The number of hydrogen-bond acceptors (Lipinski definition) is 8. The normalized spacial score (nSPS) is 22.6. The van der Waals surface area contributed by atoms with Gasteiger partial charge in [-0.25, -0.2) is 4.79 Å². The van der Waals surface area contributed by atoms with Crippen LogP contribution in [0.25, 0.3) is 0 Å². The van der Waals surface area contributed by atoms with Crippen molar-refractivity contribution in [3.05, 3.63) is 47.2 Å². The Morgan fingerprint density at radius 3 is 2.76 bits per heavy atom. The molecule has 0 unspecified atom stereocenters. The van der Waals surface area contributed by atoms with Crippen molar-refractivity contribution in [2.75, 3.05) is 44.7 Å². The van der Waals surface area contributed by atoms with Gasteiger partial charge >= 0.3 is 12.1 Å². The molecular formula is C25H34N6O3. The van der Waals surface area contributed by atoms with Crippen molar-refractivity contribution < 1.29 is 14.3 Å². The number of nitrogens with one attached hydrogen (secondary N) is 1. The second kappa shape index (κ2) is 10.1. The van der Waals surface area contributed by atoms with E-state index in [-0.39, 0.29) is 18.7 Å². The number of nitrogens with zero attached hydrogens (tertiary/aromatic N) is 5. The van der Waals surface area contributed by atoms with Gasteiger partial charge in [0.2, 0.25) is 0 Å². The third kappa shape index (κ3) is 4.95. The summed E-state index contributed by atoms with van der Waals surface area (Å²) in [5.74, 6) is 0.926. The first-order chi connectivity index (χ1) is 16.6. The van der Waals surface area contributed by atoms with Crippen LogP contribution in [0.1, 0.15) is 36.6 Å².